The van der Waals surface area contributed by atoms with Crippen LogP contribution >= 0.6 is 0 Å². The second kappa shape index (κ2) is 9.76. The van der Waals surface area contributed by atoms with Crippen LogP contribution in [0.5, 0.6) is 0 Å². The lowest BCUT2D eigenvalue weighted by molar-refractivity contribution is 0.190. The Morgan fingerprint density at radius 3 is 2.65 bits per heavy atom. The van der Waals surface area contributed by atoms with E-state index in [1.807, 2.05) is 0 Å². The average molecular weight is 277 g/mol. The topological polar surface area (TPSA) is 28.2 Å². The zero-order valence-electron chi connectivity index (χ0n) is 13.7. The van der Waals surface area contributed by atoms with Crippen LogP contribution in [0.15, 0.2) is 18.2 Å². The third-order valence-electron chi connectivity index (χ3n) is 3.74. The molecule has 0 fully saturated rings. The van der Waals surface area contributed by atoms with E-state index in [1.54, 1.807) is 0 Å². The van der Waals surface area contributed by atoms with Gasteiger partial charge in [-0.2, -0.15) is 0 Å². The molecule has 0 aliphatic carbocycles. The summed E-state index contributed by atoms with van der Waals surface area (Å²) in [6, 6.07) is 6.92. The summed E-state index contributed by atoms with van der Waals surface area (Å²) in [5.74, 6) is 1.00. The molecule has 0 aliphatic rings. The highest BCUT2D eigenvalue weighted by atomic mass is 15.2. The number of nitrogens with zero attached hydrogens (tertiary/aromatic N) is 2. The monoisotopic (exact) mass is 277 g/mol. The number of pyridine rings is 1. The van der Waals surface area contributed by atoms with Crippen LogP contribution in [0.3, 0.4) is 0 Å². The van der Waals surface area contributed by atoms with Crippen molar-refractivity contribution in [3.8, 4) is 0 Å². The van der Waals surface area contributed by atoms with Crippen molar-refractivity contribution in [1.82, 2.24) is 9.88 Å². The zero-order chi connectivity index (χ0) is 14.8. The van der Waals surface area contributed by atoms with Crippen molar-refractivity contribution in [3.63, 3.8) is 0 Å². The standard InChI is InChI=1S/C17H31N3/c1-5-8-13-20(15(4)7-3)14-16-10-9-11-17(19-16)18-12-6-2/h9-11,15H,5-8,12-14H2,1-4H3,(H,18,19). The molecule has 0 saturated carbocycles. The minimum Gasteiger partial charge on any atom is -0.370 e. The maximum atomic E-state index is 4.72. The Morgan fingerprint density at radius 2 is 2.00 bits per heavy atom. The van der Waals surface area contributed by atoms with E-state index in [0.717, 1.165) is 25.3 Å². The van der Waals surface area contributed by atoms with Crippen molar-refractivity contribution in [2.24, 2.45) is 0 Å². The summed E-state index contributed by atoms with van der Waals surface area (Å²) in [6.07, 6.45) is 4.83. The SMILES string of the molecule is CCCCN(Cc1cccc(NCCC)n1)C(C)CC. The number of nitrogens with one attached hydrogen (secondary N) is 1. The van der Waals surface area contributed by atoms with Gasteiger partial charge in [-0.3, -0.25) is 4.90 Å². The lowest BCUT2D eigenvalue weighted by Gasteiger charge is -2.28. The van der Waals surface area contributed by atoms with Crippen molar-refractivity contribution in [3.05, 3.63) is 23.9 Å². The van der Waals surface area contributed by atoms with Gasteiger partial charge < -0.3 is 5.32 Å². The fraction of sp³-hybridized carbons (Fsp3) is 0.706. The molecule has 0 bridgehead atoms. The molecule has 0 radical (unpaired) electrons. The van der Waals surface area contributed by atoms with E-state index in [9.17, 15) is 0 Å². The Kier molecular flexibility index (Phi) is 8.28. The summed E-state index contributed by atoms with van der Waals surface area (Å²) in [5.41, 5.74) is 1.17. The van der Waals surface area contributed by atoms with E-state index in [1.165, 1.54) is 31.5 Å². The predicted octanol–water partition coefficient (Wildman–Crippen LogP) is 4.30. The molecule has 1 heterocycles. The number of hydrogen-bond acceptors (Lipinski definition) is 3. The number of aromatic nitrogens is 1. The molecular weight excluding hydrogens is 246 g/mol. The molecule has 3 nitrogen and oxygen atoms in total. The first-order valence-corrected chi connectivity index (χ1v) is 8.15. The van der Waals surface area contributed by atoms with Gasteiger partial charge in [0.15, 0.2) is 0 Å². The first-order valence-electron chi connectivity index (χ1n) is 8.15. The summed E-state index contributed by atoms with van der Waals surface area (Å²) >= 11 is 0. The molecule has 1 aromatic rings. The van der Waals surface area contributed by atoms with Crippen LogP contribution in [0.1, 0.15) is 59.1 Å². The summed E-state index contributed by atoms with van der Waals surface area (Å²) in [4.78, 5) is 7.27. The Balaban J connectivity index is 2.66. The van der Waals surface area contributed by atoms with Gasteiger partial charge in [0.1, 0.15) is 5.82 Å². The van der Waals surface area contributed by atoms with Gasteiger partial charge in [0, 0.05) is 19.1 Å². The fourth-order valence-corrected chi connectivity index (χ4v) is 2.20. The smallest absolute Gasteiger partial charge is 0.126 e. The molecule has 114 valence electrons. The van der Waals surface area contributed by atoms with Crippen molar-refractivity contribution in [2.75, 3.05) is 18.4 Å². The van der Waals surface area contributed by atoms with Gasteiger partial charge in [-0.05, 0) is 44.9 Å². The van der Waals surface area contributed by atoms with E-state index in [0.29, 0.717) is 6.04 Å². The molecule has 0 amide bonds. The highest BCUT2D eigenvalue weighted by Crippen LogP contribution is 2.12. The normalized spacial score (nSPS) is 12.7. The summed E-state index contributed by atoms with van der Waals surface area (Å²) < 4.78 is 0. The highest BCUT2D eigenvalue weighted by Gasteiger charge is 2.12. The Bertz CT molecular complexity index is 365. The van der Waals surface area contributed by atoms with E-state index >= 15 is 0 Å². The lowest BCUT2D eigenvalue weighted by Crippen LogP contribution is -2.33. The number of rotatable bonds is 10. The molecule has 1 unspecified atom stereocenters. The Morgan fingerprint density at radius 1 is 1.20 bits per heavy atom. The van der Waals surface area contributed by atoms with Crippen LogP contribution in [0.4, 0.5) is 5.82 Å². The maximum Gasteiger partial charge on any atom is 0.126 e. The van der Waals surface area contributed by atoms with Crippen molar-refractivity contribution >= 4 is 5.82 Å². The molecule has 1 aromatic heterocycles. The average Bonchev–Trinajstić information content (AvgIpc) is 2.49. The minimum atomic E-state index is 0.621. The third-order valence-corrected chi connectivity index (χ3v) is 3.74. The first kappa shape index (κ1) is 17.0. The van der Waals surface area contributed by atoms with Crippen LogP contribution in [0.25, 0.3) is 0 Å². The lowest BCUT2D eigenvalue weighted by atomic mass is 10.2. The summed E-state index contributed by atoms with van der Waals surface area (Å²) in [7, 11) is 0. The largest absolute Gasteiger partial charge is 0.370 e. The summed E-state index contributed by atoms with van der Waals surface area (Å²) in [6.45, 7) is 12.1. The van der Waals surface area contributed by atoms with Crippen LogP contribution in [-0.4, -0.2) is 29.0 Å². The van der Waals surface area contributed by atoms with E-state index in [-0.39, 0.29) is 0 Å². The Hall–Kier alpha value is -1.09. The van der Waals surface area contributed by atoms with Gasteiger partial charge in [-0.25, -0.2) is 4.98 Å². The van der Waals surface area contributed by atoms with Gasteiger partial charge in [0.2, 0.25) is 0 Å². The van der Waals surface area contributed by atoms with Gasteiger partial charge in [-0.1, -0.05) is 33.3 Å². The fourth-order valence-electron chi connectivity index (χ4n) is 2.20. The van der Waals surface area contributed by atoms with Crippen LogP contribution in [-0.2, 0) is 6.54 Å². The van der Waals surface area contributed by atoms with E-state index in [2.05, 4.69) is 56.1 Å². The van der Waals surface area contributed by atoms with Crippen LogP contribution in [0.2, 0.25) is 0 Å². The van der Waals surface area contributed by atoms with Crippen molar-refractivity contribution in [2.45, 2.75) is 66.0 Å². The molecule has 1 rings (SSSR count). The molecule has 0 aromatic carbocycles. The molecule has 3 heteroatoms. The molecule has 1 atom stereocenters. The molecule has 1 N–H and O–H groups in total. The van der Waals surface area contributed by atoms with Gasteiger partial charge in [0.25, 0.3) is 0 Å². The van der Waals surface area contributed by atoms with Gasteiger partial charge >= 0.3 is 0 Å². The van der Waals surface area contributed by atoms with Crippen LogP contribution in [0, 0.1) is 0 Å². The van der Waals surface area contributed by atoms with E-state index in [4.69, 9.17) is 4.98 Å². The Labute approximate surface area is 124 Å². The van der Waals surface area contributed by atoms with Gasteiger partial charge in [0.05, 0.1) is 5.69 Å². The first-order chi connectivity index (χ1) is 9.71. The van der Waals surface area contributed by atoms with Crippen molar-refractivity contribution < 1.29 is 0 Å². The minimum absolute atomic E-state index is 0.621. The predicted molar refractivity (Wildman–Crippen MR) is 88.1 cm³/mol. The molecule has 0 aliphatic heterocycles. The van der Waals surface area contributed by atoms with Gasteiger partial charge in [-0.15, -0.1) is 0 Å². The quantitative estimate of drug-likeness (QED) is 0.691. The second-order valence-electron chi connectivity index (χ2n) is 5.52. The molecule has 20 heavy (non-hydrogen) atoms. The molecule has 0 saturated heterocycles. The summed E-state index contributed by atoms with van der Waals surface area (Å²) in [5, 5.41) is 3.36. The van der Waals surface area contributed by atoms with Crippen LogP contribution < -0.4 is 5.32 Å². The maximum absolute atomic E-state index is 4.72. The zero-order valence-corrected chi connectivity index (χ0v) is 13.7. The number of anilines is 1. The van der Waals surface area contributed by atoms with Crippen molar-refractivity contribution in [1.29, 1.82) is 0 Å². The second-order valence-corrected chi connectivity index (χ2v) is 5.52. The van der Waals surface area contributed by atoms with E-state index < -0.39 is 0 Å². The molecule has 0 spiro atoms. The molecular formula is C17H31N3. The number of unbranched alkanes of at least 4 members (excludes halogenated alkanes) is 1. The highest BCUT2D eigenvalue weighted by molar-refractivity contribution is 5.35. The number of hydrogen-bond donors (Lipinski definition) is 1. The third kappa shape index (κ3) is 5.91.